The van der Waals surface area contributed by atoms with Gasteiger partial charge in [0.15, 0.2) is 0 Å². The maximum Gasteiger partial charge on any atom is 0.234 e. The summed E-state index contributed by atoms with van der Waals surface area (Å²) in [6.45, 7) is 4.12. The average Bonchev–Trinajstić information content (AvgIpc) is 2.53. The number of carbonyl (C=O) groups is 1. The van der Waals surface area contributed by atoms with Gasteiger partial charge in [0.2, 0.25) is 5.91 Å². The molecule has 1 aliphatic heterocycles. The molecule has 22 heavy (non-hydrogen) atoms. The summed E-state index contributed by atoms with van der Waals surface area (Å²) in [5.41, 5.74) is 1.02. The van der Waals surface area contributed by atoms with Crippen LogP contribution in [-0.2, 0) is 16.1 Å². The van der Waals surface area contributed by atoms with Crippen molar-refractivity contribution in [1.29, 1.82) is 0 Å². The van der Waals surface area contributed by atoms with Gasteiger partial charge in [-0.15, -0.1) is 0 Å². The minimum atomic E-state index is -0.0213. The van der Waals surface area contributed by atoms with Crippen molar-refractivity contribution in [3.8, 4) is 5.75 Å². The van der Waals surface area contributed by atoms with E-state index < -0.39 is 0 Å². The molecular weight excluding hydrogens is 282 g/mol. The first kappa shape index (κ1) is 16.7. The highest BCUT2D eigenvalue weighted by Gasteiger charge is 2.17. The van der Waals surface area contributed by atoms with Crippen LogP contribution in [0.25, 0.3) is 0 Å². The summed E-state index contributed by atoms with van der Waals surface area (Å²) < 4.78 is 10.8. The quantitative estimate of drug-likeness (QED) is 0.755. The number of nitrogens with zero attached hydrogens (tertiary/aromatic N) is 1. The largest absolute Gasteiger partial charge is 0.497 e. The number of likely N-dealkylation sites (N-methyl/N-ethyl adjacent to an activating group) is 1. The summed E-state index contributed by atoms with van der Waals surface area (Å²) in [6, 6.07) is 7.67. The lowest BCUT2D eigenvalue weighted by atomic mass is 10.2. The molecule has 0 unspecified atom stereocenters. The SMILES string of the molecule is COc1cccc(CNC(=O)CNC[C@H]2CN(C)CCO2)c1. The monoisotopic (exact) mass is 307 g/mol. The molecule has 1 aromatic rings. The zero-order valence-electron chi connectivity index (χ0n) is 13.3. The normalized spacial score (nSPS) is 18.9. The Bertz CT molecular complexity index is 481. The number of methoxy groups -OCH3 is 1. The smallest absolute Gasteiger partial charge is 0.234 e. The predicted molar refractivity (Wildman–Crippen MR) is 84.9 cm³/mol. The summed E-state index contributed by atoms with van der Waals surface area (Å²) in [4.78, 5) is 14.1. The van der Waals surface area contributed by atoms with E-state index in [2.05, 4.69) is 22.6 Å². The Morgan fingerprint density at radius 3 is 3.14 bits per heavy atom. The van der Waals surface area contributed by atoms with Gasteiger partial charge in [0, 0.05) is 26.2 Å². The Morgan fingerprint density at radius 1 is 1.50 bits per heavy atom. The Labute approximate surface area is 131 Å². The topological polar surface area (TPSA) is 62.8 Å². The van der Waals surface area contributed by atoms with E-state index in [4.69, 9.17) is 9.47 Å². The fourth-order valence-electron chi connectivity index (χ4n) is 2.38. The second kappa shape index (κ2) is 8.73. The second-order valence-electron chi connectivity index (χ2n) is 5.51. The maximum atomic E-state index is 11.8. The van der Waals surface area contributed by atoms with Crippen molar-refractivity contribution in [2.75, 3.05) is 46.9 Å². The molecule has 1 aromatic carbocycles. The first-order valence-corrected chi connectivity index (χ1v) is 7.58. The van der Waals surface area contributed by atoms with Crippen LogP contribution in [0.4, 0.5) is 0 Å². The van der Waals surface area contributed by atoms with Gasteiger partial charge in [0.05, 0.1) is 26.4 Å². The van der Waals surface area contributed by atoms with Crippen LogP contribution < -0.4 is 15.4 Å². The summed E-state index contributed by atoms with van der Waals surface area (Å²) in [7, 11) is 3.71. The van der Waals surface area contributed by atoms with Gasteiger partial charge >= 0.3 is 0 Å². The number of amides is 1. The van der Waals surface area contributed by atoms with E-state index in [-0.39, 0.29) is 12.0 Å². The molecule has 0 saturated carbocycles. The van der Waals surface area contributed by atoms with Gasteiger partial charge < -0.3 is 25.0 Å². The van der Waals surface area contributed by atoms with Gasteiger partial charge in [-0.1, -0.05) is 12.1 Å². The number of benzene rings is 1. The zero-order chi connectivity index (χ0) is 15.8. The van der Waals surface area contributed by atoms with Crippen LogP contribution in [0.2, 0.25) is 0 Å². The van der Waals surface area contributed by atoms with Crippen molar-refractivity contribution in [1.82, 2.24) is 15.5 Å². The predicted octanol–water partition coefficient (Wildman–Crippen LogP) is 0.232. The Morgan fingerprint density at radius 2 is 2.36 bits per heavy atom. The lowest BCUT2D eigenvalue weighted by molar-refractivity contribution is -0.120. The van der Waals surface area contributed by atoms with E-state index in [0.717, 1.165) is 31.0 Å². The van der Waals surface area contributed by atoms with Crippen LogP contribution in [0, 0.1) is 0 Å². The number of carbonyl (C=O) groups excluding carboxylic acids is 1. The first-order chi connectivity index (χ1) is 10.7. The molecule has 6 nitrogen and oxygen atoms in total. The number of rotatable bonds is 7. The van der Waals surface area contributed by atoms with E-state index in [9.17, 15) is 4.79 Å². The molecule has 1 fully saturated rings. The lowest BCUT2D eigenvalue weighted by Crippen LogP contribution is -2.46. The molecule has 2 rings (SSSR count). The molecule has 0 radical (unpaired) electrons. The van der Waals surface area contributed by atoms with Gasteiger partial charge in [-0.2, -0.15) is 0 Å². The fraction of sp³-hybridized carbons (Fsp3) is 0.562. The van der Waals surface area contributed by atoms with Crippen molar-refractivity contribution in [2.24, 2.45) is 0 Å². The Hall–Kier alpha value is -1.63. The van der Waals surface area contributed by atoms with E-state index in [1.807, 2.05) is 24.3 Å². The van der Waals surface area contributed by atoms with E-state index >= 15 is 0 Å². The molecule has 0 bridgehead atoms. The molecule has 6 heteroatoms. The molecule has 1 heterocycles. The summed E-state index contributed by atoms with van der Waals surface area (Å²) in [6.07, 6.45) is 0.157. The fourth-order valence-corrected chi connectivity index (χ4v) is 2.38. The van der Waals surface area contributed by atoms with Crippen molar-refractivity contribution in [3.05, 3.63) is 29.8 Å². The Kier molecular flexibility index (Phi) is 6.64. The van der Waals surface area contributed by atoms with Crippen molar-refractivity contribution >= 4 is 5.91 Å². The molecular formula is C16H25N3O3. The highest BCUT2D eigenvalue weighted by atomic mass is 16.5. The maximum absolute atomic E-state index is 11.8. The molecule has 1 saturated heterocycles. The molecule has 1 aliphatic rings. The molecule has 0 spiro atoms. The lowest BCUT2D eigenvalue weighted by Gasteiger charge is -2.30. The standard InChI is InChI=1S/C16H25N3O3/c1-19-6-7-22-15(12-19)10-17-11-16(20)18-9-13-4-3-5-14(8-13)21-2/h3-5,8,15,17H,6-7,9-12H2,1-2H3,(H,18,20)/t15-/m0/s1. The van der Waals surface area contributed by atoms with Crippen LogP contribution in [0.3, 0.4) is 0 Å². The minimum Gasteiger partial charge on any atom is -0.497 e. The molecule has 0 aromatic heterocycles. The summed E-state index contributed by atoms with van der Waals surface area (Å²) >= 11 is 0. The van der Waals surface area contributed by atoms with Gasteiger partial charge in [0.25, 0.3) is 0 Å². The van der Waals surface area contributed by atoms with Crippen LogP contribution in [0.1, 0.15) is 5.56 Å². The molecule has 1 atom stereocenters. The summed E-state index contributed by atoms with van der Waals surface area (Å²) in [5, 5.41) is 6.03. The van der Waals surface area contributed by atoms with Crippen molar-refractivity contribution in [3.63, 3.8) is 0 Å². The Balaban J connectivity index is 1.63. The van der Waals surface area contributed by atoms with E-state index in [1.54, 1.807) is 7.11 Å². The molecule has 1 amide bonds. The van der Waals surface area contributed by atoms with Crippen LogP contribution in [-0.4, -0.2) is 63.9 Å². The third kappa shape index (κ3) is 5.63. The van der Waals surface area contributed by atoms with Crippen LogP contribution in [0.15, 0.2) is 24.3 Å². The van der Waals surface area contributed by atoms with Crippen molar-refractivity contribution in [2.45, 2.75) is 12.6 Å². The zero-order valence-corrected chi connectivity index (χ0v) is 13.3. The third-order valence-electron chi connectivity index (χ3n) is 3.62. The number of hydrogen-bond donors (Lipinski definition) is 2. The number of hydrogen-bond acceptors (Lipinski definition) is 5. The number of morpholine rings is 1. The van der Waals surface area contributed by atoms with Gasteiger partial charge in [-0.25, -0.2) is 0 Å². The van der Waals surface area contributed by atoms with Gasteiger partial charge in [-0.05, 0) is 24.7 Å². The molecule has 2 N–H and O–H groups in total. The molecule has 0 aliphatic carbocycles. The first-order valence-electron chi connectivity index (χ1n) is 7.58. The third-order valence-corrected chi connectivity index (χ3v) is 3.62. The summed E-state index contributed by atoms with van der Waals surface area (Å²) in [5.74, 6) is 0.774. The van der Waals surface area contributed by atoms with E-state index in [0.29, 0.717) is 19.6 Å². The van der Waals surface area contributed by atoms with Gasteiger partial charge in [-0.3, -0.25) is 4.79 Å². The average molecular weight is 307 g/mol. The van der Waals surface area contributed by atoms with Crippen LogP contribution in [0.5, 0.6) is 5.75 Å². The second-order valence-corrected chi connectivity index (χ2v) is 5.51. The van der Waals surface area contributed by atoms with E-state index in [1.165, 1.54) is 0 Å². The van der Waals surface area contributed by atoms with Crippen molar-refractivity contribution < 1.29 is 14.3 Å². The molecule has 122 valence electrons. The van der Waals surface area contributed by atoms with Crippen LogP contribution >= 0.6 is 0 Å². The number of ether oxygens (including phenoxy) is 2. The minimum absolute atomic E-state index is 0.0213. The van der Waals surface area contributed by atoms with Gasteiger partial charge in [0.1, 0.15) is 5.75 Å². The number of nitrogens with one attached hydrogen (secondary N) is 2. The highest BCUT2D eigenvalue weighted by Crippen LogP contribution is 2.11. The highest BCUT2D eigenvalue weighted by molar-refractivity contribution is 5.77.